The molecule has 1 aromatic heterocycles. The van der Waals surface area contributed by atoms with Gasteiger partial charge in [0.1, 0.15) is 5.69 Å². The number of anilines is 1. The monoisotopic (exact) mass is 329 g/mol. The fourth-order valence-corrected chi connectivity index (χ4v) is 3.23. The van der Waals surface area contributed by atoms with Crippen LogP contribution in [0.5, 0.6) is 0 Å². The summed E-state index contributed by atoms with van der Waals surface area (Å²) in [4.78, 5) is 15.1. The highest BCUT2D eigenvalue weighted by Gasteiger charge is 2.24. The molecule has 1 aromatic carbocycles. The SMILES string of the molecule is N#Cc1ccc(N2CCN(Cc3ccsn3)CC2)c([N+](=O)[O-])c1. The van der Waals surface area contributed by atoms with Crippen molar-refractivity contribution in [2.75, 3.05) is 31.1 Å². The molecular weight excluding hydrogens is 314 g/mol. The largest absolute Gasteiger partial charge is 0.363 e. The van der Waals surface area contributed by atoms with Gasteiger partial charge in [-0.2, -0.15) is 9.64 Å². The Balaban J connectivity index is 1.70. The summed E-state index contributed by atoms with van der Waals surface area (Å²) in [6.07, 6.45) is 0. The predicted octanol–water partition coefficient (Wildman–Crippen LogP) is 2.25. The van der Waals surface area contributed by atoms with E-state index in [0.717, 1.165) is 38.4 Å². The molecule has 0 radical (unpaired) electrons. The van der Waals surface area contributed by atoms with Crippen molar-refractivity contribution in [3.63, 3.8) is 0 Å². The molecule has 1 fully saturated rings. The lowest BCUT2D eigenvalue weighted by Gasteiger charge is -2.35. The van der Waals surface area contributed by atoms with Crippen LogP contribution in [-0.2, 0) is 6.54 Å². The number of nitro groups is 1. The van der Waals surface area contributed by atoms with Gasteiger partial charge in [0.15, 0.2) is 0 Å². The van der Waals surface area contributed by atoms with E-state index in [1.165, 1.54) is 17.6 Å². The molecule has 0 amide bonds. The van der Waals surface area contributed by atoms with E-state index in [4.69, 9.17) is 5.26 Å². The lowest BCUT2D eigenvalue weighted by atomic mass is 10.1. The predicted molar refractivity (Wildman–Crippen MR) is 87.4 cm³/mol. The van der Waals surface area contributed by atoms with Crippen LogP contribution in [0.2, 0.25) is 0 Å². The third kappa shape index (κ3) is 3.47. The molecule has 0 aliphatic carbocycles. The van der Waals surface area contributed by atoms with Crippen LogP contribution in [0.15, 0.2) is 29.6 Å². The lowest BCUT2D eigenvalue weighted by molar-refractivity contribution is -0.384. The molecule has 0 spiro atoms. The minimum Gasteiger partial charge on any atom is -0.363 e. The molecule has 0 atom stereocenters. The standard InChI is InChI=1S/C15H15N5O2S/c16-10-12-1-2-14(15(9-12)20(21)22)19-6-4-18(5-7-19)11-13-3-8-23-17-13/h1-3,8-9H,4-7,11H2. The van der Waals surface area contributed by atoms with Crippen molar-refractivity contribution in [3.8, 4) is 6.07 Å². The molecule has 1 aliphatic rings. The van der Waals surface area contributed by atoms with Gasteiger partial charge in [0.2, 0.25) is 0 Å². The summed E-state index contributed by atoms with van der Waals surface area (Å²) in [5, 5.41) is 22.1. The van der Waals surface area contributed by atoms with E-state index >= 15 is 0 Å². The summed E-state index contributed by atoms with van der Waals surface area (Å²) in [6, 6.07) is 8.61. The molecule has 3 rings (SSSR count). The second kappa shape index (κ2) is 6.73. The third-order valence-corrected chi connectivity index (χ3v) is 4.49. The van der Waals surface area contributed by atoms with Crippen molar-refractivity contribution < 1.29 is 4.92 Å². The zero-order valence-electron chi connectivity index (χ0n) is 12.4. The Kier molecular flexibility index (Phi) is 4.50. The molecule has 118 valence electrons. The fourth-order valence-electron chi connectivity index (χ4n) is 2.70. The average molecular weight is 329 g/mol. The molecular formula is C15H15N5O2S. The molecule has 0 N–H and O–H groups in total. The van der Waals surface area contributed by atoms with Crippen molar-refractivity contribution in [3.05, 3.63) is 51.0 Å². The molecule has 1 aliphatic heterocycles. The van der Waals surface area contributed by atoms with Crippen LogP contribution in [0.25, 0.3) is 0 Å². The van der Waals surface area contributed by atoms with Gasteiger partial charge in [0.25, 0.3) is 5.69 Å². The third-order valence-electron chi connectivity index (χ3n) is 3.89. The van der Waals surface area contributed by atoms with Crippen molar-refractivity contribution >= 4 is 22.9 Å². The number of hydrogen-bond donors (Lipinski definition) is 0. The fraction of sp³-hybridized carbons (Fsp3) is 0.333. The van der Waals surface area contributed by atoms with Crippen LogP contribution in [-0.4, -0.2) is 40.4 Å². The second-order valence-corrected chi connectivity index (χ2v) is 5.99. The van der Waals surface area contributed by atoms with E-state index in [0.29, 0.717) is 11.3 Å². The van der Waals surface area contributed by atoms with Gasteiger partial charge in [-0.05, 0) is 29.7 Å². The van der Waals surface area contributed by atoms with Crippen molar-refractivity contribution in [1.29, 1.82) is 5.26 Å². The van der Waals surface area contributed by atoms with E-state index in [-0.39, 0.29) is 5.69 Å². The van der Waals surface area contributed by atoms with Crippen LogP contribution in [0.4, 0.5) is 11.4 Å². The van der Waals surface area contributed by atoms with Crippen LogP contribution in [0.1, 0.15) is 11.3 Å². The first-order valence-electron chi connectivity index (χ1n) is 7.22. The number of piperazine rings is 1. The first-order chi connectivity index (χ1) is 11.2. The quantitative estimate of drug-likeness (QED) is 0.631. The first-order valence-corrected chi connectivity index (χ1v) is 8.06. The second-order valence-electron chi connectivity index (χ2n) is 5.33. The van der Waals surface area contributed by atoms with Crippen LogP contribution in [0.3, 0.4) is 0 Å². The highest BCUT2D eigenvalue weighted by atomic mass is 32.1. The van der Waals surface area contributed by atoms with E-state index in [1.54, 1.807) is 12.1 Å². The zero-order valence-corrected chi connectivity index (χ0v) is 13.2. The Bertz CT molecular complexity index is 733. The van der Waals surface area contributed by atoms with E-state index in [1.807, 2.05) is 22.4 Å². The number of rotatable bonds is 4. The summed E-state index contributed by atoms with van der Waals surface area (Å²) in [7, 11) is 0. The van der Waals surface area contributed by atoms with Gasteiger partial charge in [-0.3, -0.25) is 15.0 Å². The average Bonchev–Trinajstić information content (AvgIpc) is 3.08. The maximum absolute atomic E-state index is 11.3. The number of aromatic nitrogens is 1. The number of hydrogen-bond acceptors (Lipinski definition) is 7. The van der Waals surface area contributed by atoms with Crippen molar-refractivity contribution in [2.45, 2.75) is 6.54 Å². The normalized spacial score (nSPS) is 15.3. The highest BCUT2D eigenvalue weighted by molar-refractivity contribution is 7.03. The molecule has 23 heavy (non-hydrogen) atoms. The zero-order chi connectivity index (χ0) is 16.2. The summed E-state index contributed by atoms with van der Waals surface area (Å²) in [6.45, 7) is 3.91. The molecule has 0 unspecified atom stereocenters. The Morgan fingerprint density at radius 1 is 1.30 bits per heavy atom. The van der Waals surface area contributed by atoms with Gasteiger partial charge in [0, 0.05) is 44.2 Å². The van der Waals surface area contributed by atoms with Crippen LogP contribution < -0.4 is 4.90 Å². The van der Waals surface area contributed by atoms with Gasteiger partial charge in [0.05, 0.1) is 22.2 Å². The van der Waals surface area contributed by atoms with E-state index in [9.17, 15) is 10.1 Å². The molecule has 7 nitrogen and oxygen atoms in total. The van der Waals surface area contributed by atoms with Crippen LogP contribution in [0, 0.1) is 21.4 Å². The number of nitriles is 1. The Morgan fingerprint density at radius 3 is 2.70 bits per heavy atom. The summed E-state index contributed by atoms with van der Waals surface area (Å²) >= 11 is 1.45. The van der Waals surface area contributed by atoms with Crippen molar-refractivity contribution in [2.24, 2.45) is 0 Å². The maximum atomic E-state index is 11.3. The number of benzene rings is 1. The van der Waals surface area contributed by atoms with Gasteiger partial charge in [-0.25, -0.2) is 0 Å². The van der Waals surface area contributed by atoms with Crippen molar-refractivity contribution in [1.82, 2.24) is 9.27 Å². The molecule has 1 saturated heterocycles. The first kappa shape index (κ1) is 15.4. The molecule has 0 saturated carbocycles. The number of nitro benzene ring substituents is 1. The topological polar surface area (TPSA) is 86.3 Å². The maximum Gasteiger partial charge on any atom is 0.293 e. The van der Waals surface area contributed by atoms with Crippen LogP contribution >= 0.6 is 11.5 Å². The minimum atomic E-state index is -0.419. The highest BCUT2D eigenvalue weighted by Crippen LogP contribution is 2.30. The Hall–Kier alpha value is -2.50. The summed E-state index contributed by atoms with van der Waals surface area (Å²) < 4.78 is 4.31. The van der Waals surface area contributed by atoms with E-state index < -0.39 is 4.92 Å². The number of nitrogens with zero attached hydrogens (tertiary/aromatic N) is 5. The van der Waals surface area contributed by atoms with Gasteiger partial charge < -0.3 is 4.90 Å². The smallest absolute Gasteiger partial charge is 0.293 e. The molecule has 2 aromatic rings. The van der Waals surface area contributed by atoms with Gasteiger partial charge in [-0.15, -0.1) is 0 Å². The van der Waals surface area contributed by atoms with Gasteiger partial charge >= 0.3 is 0 Å². The Morgan fingerprint density at radius 2 is 2.09 bits per heavy atom. The lowest BCUT2D eigenvalue weighted by Crippen LogP contribution is -2.46. The Labute approximate surface area is 137 Å². The molecule has 0 bridgehead atoms. The summed E-state index contributed by atoms with van der Waals surface area (Å²) in [5.41, 5.74) is 1.95. The summed E-state index contributed by atoms with van der Waals surface area (Å²) in [5.74, 6) is 0. The molecule has 8 heteroatoms. The molecule has 2 heterocycles. The minimum absolute atomic E-state index is 0.00278. The van der Waals surface area contributed by atoms with E-state index in [2.05, 4.69) is 9.27 Å². The van der Waals surface area contributed by atoms with Gasteiger partial charge in [-0.1, -0.05) is 0 Å².